The third-order valence-corrected chi connectivity index (χ3v) is 11.7. The van der Waals surface area contributed by atoms with Crippen LogP contribution < -0.4 is 9.47 Å². The van der Waals surface area contributed by atoms with E-state index in [0.717, 1.165) is 4.31 Å². The zero-order valence-electron chi connectivity index (χ0n) is 29.1. The second-order valence-corrected chi connectivity index (χ2v) is 16.3. The highest BCUT2D eigenvalue weighted by Crippen LogP contribution is 2.30. The zero-order chi connectivity index (χ0) is 39.0. The van der Waals surface area contributed by atoms with E-state index in [2.05, 4.69) is 0 Å². The molecule has 2 aliphatic rings. The maximum Gasteiger partial charge on any atom is 0.325 e. The largest absolute Gasteiger partial charge is 0.497 e. The minimum Gasteiger partial charge on any atom is -0.497 e. The van der Waals surface area contributed by atoms with Crippen LogP contribution in [-0.2, 0) is 44.0 Å². The Morgan fingerprint density at radius 3 is 1.31 bits per heavy atom. The molecule has 0 bridgehead atoms. The highest BCUT2D eigenvalue weighted by molar-refractivity contribution is 7.89. The van der Waals surface area contributed by atoms with Crippen LogP contribution >= 0.6 is 0 Å². The van der Waals surface area contributed by atoms with Crippen molar-refractivity contribution in [1.82, 2.24) is 8.61 Å². The number of benzene rings is 2. The first-order chi connectivity index (χ1) is 24.3. The van der Waals surface area contributed by atoms with Gasteiger partial charge in [-0.1, -0.05) is 24.3 Å². The Morgan fingerprint density at radius 2 is 0.981 bits per heavy atom. The van der Waals surface area contributed by atoms with Crippen molar-refractivity contribution in [2.24, 2.45) is 11.8 Å². The summed E-state index contributed by atoms with van der Waals surface area (Å²) in [5.74, 6) is -6.72. The first-order valence-electron chi connectivity index (χ1n) is 15.8. The average molecular weight is 767 g/mol. The number of methoxy groups -OCH3 is 2. The van der Waals surface area contributed by atoms with Crippen molar-refractivity contribution in [1.29, 1.82) is 0 Å². The van der Waals surface area contributed by atoms with E-state index in [1.54, 1.807) is 32.9 Å². The molecule has 0 spiro atoms. The summed E-state index contributed by atoms with van der Waals surface area (Å²) in [5.41, 5.74) is -0.893. The van der Waals surface area contributed by atoms with Gasteiger partial charge < -0.3 is 29.5 Å². The number of nitrogens with zero attached hydrogens (tertiary/aromatic N) is 2. The van der Waals surface area contributed by atoms with Gasteiger partial charge in [0.15, 0.2) is 0 Å². The summed E-state index contributed by atoms with van der Waals surface area (Å²) in [6.45, 7) is 4.56. The fourth-order valence-electron chi connectivity index (χ4n) is 5.40. The molecule has 0 fully saturated rings. The van der Waals surface area contributed by atoms with Gasteiger partial charge >= 0.3 is 23.9 Å². The first kappa shape index (κ1) is 41.6. The lowest BCUT2D eigenvalue weighted by Crippen LogP contribution is -2.52. The van der Waals surface area contributed by atoms with Gasteiger partial charge in [0.25, 0.3) is 0 Å². The van der Waals surface area contributed by atoms with Crippen molar-refractivity contribution >= 4 is 43.9 Å². The van der Waals surface area contributed by atoms with Crippen LogP contribution in [0.5, 0.6) is 11.5 Å². The standard InChI is InChI=1S/C19H25NO7S.C15H17NO7S/c1-19(2,3)27-18(23)16-15(17(21)22)7-5-6-12-20(16)28(24,25)14-10-8-13(26-4)9-11-14;1-23-10-5-7-11(8-6-10)24(21,22)16-9-3-2-4-12(14(17)18)13(16)15(19)20/h5-6,8-11,15-16H,7,12H2,1-4H3,(H,21,22);2-3,5-8,12-13H,4,9H2,1H3,(H,17,18)(H,19,20). The molecule has 2 aromatic carbocycles. The van der Waals surface area contributed by atoms with Crippen LogP contribution in [0.25, 0.3) is 0 Å². The molecule has 3 N–H and O–H groups in total. The molecule has 4 unspecified atom stereocenters. The predicted octanol–water partition coefficient (Wildman–Crippen LogP) is 2.86. The van der Waals surface area contributed by atoms with Crippen LogP contribution in [0.2, 0.25) is 0 Å². The Kier molecular flexibility index (Phi) is 13.7. The first-order valence-corrected chi connectivity index (χ1v) is 18.7. The Bertz CT molecular complexity index is 1880. The van der Waals surface area contributed by atoms with Crippen molar-refractivity contribution in [3.05, 3.63) is 72.8 Å². The minimum absolute atomic E-state index is 0.0217. The number of aliphatic carboxylic acids is 3. The number of hydrogen-bond donors (Lipinski definition) is 3. The molecule has 0 saturated carbocycles. The Hall–Kier alpha value is -4.78. The van der Waals surface area contributed by atoms with E-state index < -0.39 is 73.4 Å². The summed E-state index contributed by atoms with van der Waals surface area (Å²) in [7, 11) is -5.46. The van der Waals surface area contributed by atoms with E-state index in [4.69, 9.17) is 14.2 Å². The van der Waals surface area contributed by atoms with E-state index in [1.807, 2.05) is 0 Å². The van der Waals surface area contributed by atoms with Gasteiger partial charge in [0.1, 0.15) is 29.2 Å². The number of carboxylic acids is 3. The van der Waals surface area contributed by atoms with Gasteiger partial charge in [-0.15, -0.1) is 0 Å². The summed E-state index contributed by atoms with van der Waals surface area (Å²) in [4.78, 5) is 47.4. The van der Waals surface area contributed by atoms with Crippen molar-refractivity contribution in [2.75, 3.05) is 27.3 Å². The van der Waals surface area contributed by atoms with E-state index >= 15 is 0 Å². The molecule has 2 aromatic rings. The van der Waals surface area contributed by atoms with Crippen LogP contribution in [0.15, 0.2) is 82.6 Å². The van der Waals surface area contributed by atoms with Crippen LogP contribution in [0, 0.1) is 11.8 Å². The SMILES string of the molecule is COc1ccc(S(=O)(=O)N2CC=CCC(C(=O)O)C2C(=O)O)cc1.COc1ccc(S(=O)(=O)N2CC=CCC(C(=O)O)C2C(=O)OC(C)(C)C)cc1. The van der Waals surface area contributed by atoms with Crippen molar-refractivity contribution in [2.45, 2.75) is 61.1 Å². The molecule has 18 heteroatoms. The van der Waals surface area contributed by atoms with Crippen LogP contribution in [0.3, 0.4) is 0 Å². The third kappa shape index (κ3) is 9.96. The molecule has 16 nitrogen and oxygen atoms in total. The van der Waals surface area contributed by atoms with Gasteiger partial charge in [0.05, 0.1) is 35.8 Å². The van der Waals surface area contributed by atoms with Gasteiger partial charge in [-0.05, 0) is 82.1 Å². The molecule has 0 aromatic heterocycles. The smallest absolute Gasteiger partial charge is 0.325 e. The summed E-state index contributed by atoms with van der Waals surface area (Å²) < 4.78 is 69.1. The van der Waals surface area contributed by atoms with Crippen molar-refractivity contribution in [3.63, 3.8) is 0 Å². The lowest BCUT2D eigenvalue weighted by Gasteiger charge is -2.33. The maximum absolute atomic E-state index is 13.2. The number of carbonyl (C=O) groups excluding carboxylic acids is 1. The van der Waals surface area contributed by atoms with E-state index in [1.165, 1.54) is 74.9 Å². The van der Waals surface area contributed by atoms with Gasteiger partial charge in [0, 0.05) is 13.1 Å². The monoisotopic (exact) mass is 766 g/mol. The van der Waals surface area contributed by atoms with Crippen molar-refractivity contribution < 1.29 is 65.5 Å². The minimum atomic E-state index is -4.19. The van der Waals surface area contributed by atoms with Crippen molar-refractivity contribution in [3.8, 4) is 11.5 Å². The molecule has 4 rings (SSSR count). The number of esters is 1. The van der Waals surface area contributed by atoms with Crippen LogP contribution in [0.1, 0.15) is 33.6 Å². The molecule has 0 amide bonds. The molecule has 2 heterocycles. The highest BCUT2D eigenvalue weighted by atomic mass is 32.2. The Morgan fingerprint density at radius 1 is 0.615 bits per heavy atom. The number of hydrogen-bond acceptors (Lipinski definition) is 11. The van der Waals surface area contributed by atoms with E-state index in [9.17, 15) is 51.3 Å². The molecule has 0 radical (unpaired) electrons. The fraction of sp³-hybridized carbons (Fsp3) is 0.412. The number of sulfonamides is 2. The highest BCUT2D eigenvalue weighted by Gasteiger charge is 2.46. The molecule has 4 atom stereocenters. The second kappa shape index (κ2) is 17.2. The van der Waals surface area contributed by atoms with Gasteiger partial charge in [0.2, 0.25) is 20.0 Å². The average Bonchev–Trinajstić information content (AvgIpc) is 3.46. The van der Waals surface area contributed by atoms with Gasteiger partial charge in [-0.2, -0.15) is 8.61 Å². The summed E-state index contributed by atoms with van der Waals surface area (Å²) in [6, 6.07) is 7.94. The second-order valence-electron chi connectivity index (χ2n) is 12.6. The number of allylic oxidation sites excluding steroid dienone is 2. The summed E-state index contributed by atoms with van der Waals surface area (Å²) in [5, 5.41) is 28.3. The molecule has 52 heavy (non-hydrogen) atoms. The summed E-state index contributed by atoms with van der Waals surface area (Å²) in [6.07, 6.45) is 6.02. The predicted molar refractivity (Wildman–Crippen MR) is 185 cm³/mol. The Balaban J connectivity index is 0.000000284. The normalized spacial score (nSPS) is 21.4. The lowest BCUT2D eigenvalue weighted by molar-refractivity contribution is -0.165. The van der Waals surface area contributed by atoms with E-state index in [-0.39, 0.29) is 35.7 Å². The van der Waals surface area contributed by atoms with Crippen LogP contribution in [0.4, 0.5) is 0 Å². The quantitative estimate of drug-likeness (QED) is 0.233. The number of ether oxygens (including phenoxy) is 3. The zero-order valence-corrected chi connectivity index (χ0v) is 30.7. The molecular formula is C34H42N2O14S2. The molecule has 2 aliphatic heterocycles. The van der Waals surface area contributed by atoms with Crippen LogP contribution in [-0.4, -0.2) is 110 Å². The Labute approximate surface area is 302 Å². The maximum atomic E-state index is 13.2. The molecule has 0 aliphatic carbocycles. The molecular weight excluding hydrogens is 725 g/mol. The number of carboxylic acid groups (broad SMARTS) is 3. The topological polar surface area (TPSA) is 231 Å². The van der Waals surface area contributed by atoms with Gasteiger partial charge in [-0.25, -0.2) is 16.8 Å². The fourth-order valence-corrected chi connectivity index (χ4v) is 8.54. The third-order valence-electron chi connectivity index (χ3n) is 7.93. The molecule has 0 saturated heterocycles. The van der Waals surface area contributed by atoms with E-state index in [0.29, 0.717) is 15.8 Å². The molecule has 284 valence electrons. The number of rotatable bonds is 10. The lowest BCUT2D eigenvalue weighted by atomic mass is 9.96. The van der Waals surface area contributed by atoms with Gasteiger partial charge in [-0.3, -0.25) is 19.2 Å². The summed E-state index contributed by atoms with van der Waals surface area (Å²) >= 11 is 0. The number of carbonyl (C=O) groups is 4.